The third kappa shape index (κ3) is 4.06. The van der Waals surface area contributed by atoms with Gasteiger partial charge in [0.05, 0.1) is 31.5 Å². The second-order valence-corrected chi connectivity index (χ2v) is 7.43. The molecule has 2 heterocycles. The molecule has 2 saturated heterocycles. The maximum Gasteiger partial charge on any atom is 0.252 e. The minimum absolute atomic E-state index is 0.151. The molecule has 0 aromatic heterocycles. The smallest absolute Gasteiger partial charge is 0.252 e. The number of rotatable bonds is 5. The summed E-state index contributed by atoms with van der Waals surface area (Å²) in [7, 11) is 0. The molecule has 0 radical (unpaired) electrons. The predicted octanol–water partition coefficient (Wildman–Crippen LogP) is 2.38. The van der Waals surface area contributed by atoms with Crippen LogP contribution in [-0.4, -0.2) is 61.5 Å². The molecule has 0 aromatic carbocycles. The molecule has 2 aliphatic heterocycles. The summed E-state index contributed by atoms with van der Waals surface area (Å²) in [5.41, 5.74) is 0. The van der Waals surface area contributed by atoms with Crippen LogP contribution in [0.5, 0.6) is 0 Å². The van der Waals surface area contributed by atoms with Crippen LogP contribution in [0.1, 0.15) is 52.4 Å². The summed E-state index contributed by atoms with van der Waals surface area (Å²) in [5, 5.41) is 0. The van der Waals surface area contributed by atoms with E-state index in [2.05, 4.69) is 13.8 Å². The van der Waals surface area contributed by atoms with Gasteiger partial charge in [0.15, 0.2) is 0 Å². The van der Waals surface area contributed by atoms with Crippen molar-refractivity contribution in [3.63, 3.8) is 0 Å². The van der Waals surface area contributed by atoms with E-state index in [-0.39, 0.29) is 36.2 Å². The second kappa shape index (κ2) is 7.95. The molecule has 0 bridgehead atoms. The summed E-state index contributed by atoms with van der Waals surface area (Å²) in [6.07, 6.45) is 6.72. The van der Waals surface area contributed by atoms with E-state index in [1.165, 1.54) is 12.8 Å². The van der Waals surface area contributed by atoms with Crippen LogP contribution in [0, 0.1) is 5.92 Å². The maximum atomic E-state index is 13.1. The molecule has 3 aliphatic rings. The van der Waals surface area contributed by atoms with Gasteiger partial charge in [0.25, 0.3) is 5.91 Å². The van der Waals surface area contributed by atoms with E-state index >= 15 is 0 Å². The fraction of sp³-hybridized carbons (Fsp3) is 0.944. The Morgan fingerprint density at radius 3 is 2.70 bits per heavy atom. The zero-order valence-electron chi connectivity index (χ0n) is 14.5. The van der Waals surface area contributed by atoms with Gasteiger partial charge >= 0.3 is 0 Å². The highest BCUT2D eigenvalue weighted by Gasteiger charge is 2.40. The standard InChI is InChI=1S/C18H31NO4/c1-13(2)17(23-12-14-6-5-10-21-14)18(20)19-9-11-22-16-8-4-3-7-15(16)19/h13-17H,3-12H2,1-2H3/t14-,15-,16+,17-/m0/s1. The maximum absolute atomic E-state index is 13.1. The Morgan fingerprint density at radius 1 is 1.13 bits per heavy atom. The van der Waals surface area contributed by atoms with Crippen molar-refractivity contribution in [3.05, 3.63) is 0 Å². The first-order valence-corrected chi connectivity index (χ1v) is 9.32. The van der Waals surface area contributed by atoms with Crippen molar-refractivity contribution >= 4 is 5.91 Å². The SMILES string of the molecule is CC(C)[C@H](OC[C@@H]1CCCO1)C(=O)N1CCO[C@@H]2CCCC[C@@H]21. The van der Waals surface area contributed by atoms with Crippen LogP contribution in [-0.2, 0) is 19.0 Å². The highest BCUT2D eigenvalue weighted by atomic mass is 16.5. The fourth-order valence-electron chi connectivity index (χ4n) is 4.07. The van der Waals surface area contributed by atoms with E-state index in [9.17, 15) is 4.79 Å². The lowest BCUT2D eigenvalue weighted by Crippen LogP contribution is -2.58. The lowest BCUT2D eigenvalue weighted by molar-refractivity contribution is -0.165. The van der Waals surface area contributed by atoms with Crippen LogP contribution in [0.15, 0.2) is 0 Å². The first kappa shape index (κ1) is 17.2. The van der Waals surface area contributed by atoms with E-state index in [4.69, 9.17) is 14.2 Å². The van der Waals surface area contributed by atoms with Crippen molar-refractivity contribution in [2.24, 2.45) is 5.92 Å². The zero-order chi connectivity index (χ0) is 16.2. The van der Waals surface area contributed by atoms with E-state index in [1.807, 2.05) is 4.90 Å². The number of amides is 1. The van der Waals surface area contributed by atoms with E-state index in [1.54, 1.807) is 0 Å². The number of hydrogen-bond acceptors (Lipinski definition) is 4. The number of carbonyl (C=O) groups excluding carboxylic acids is 1. The molecule has 5 nitrogen and oxygen atoms in total. The van der Waals surface area contributed by atoms with Crippen molar-refractivity contribution < 1.29 is 19.0 Å². The molecule has 3 rings (SSSR count). The van der Waals surface area contributed by atoms with Crippen LogP contribution >= 0.6 is 0 Å². The minimum atomic E-state index is -0.361. The average molecular weight is 325 g/mol. The van der Waals surface area contributed by atoms with Gasteiger partial charge in [-0.05, 0) is 31.6 Å². The molecule has 1 amide bonds. The molecule has 0 unspecified atom stereocenters. The zero-order valence-corrected chi connectivity index (χ0v) is 14.5. The number of fused-ring (bicyclic) bond motifs is 1. The summed E-state index contributed by atoms with van der Waals surface area (Å²) in [4.78, 5) is 15.2. The molecule has 4 atom stereocenters. The quantitative estimate of drug-likeness (QED) is 0.779. The lowest BCUT2D eigenvalue weighted by Gasteiger charge is -2.45. The van der Waals surface area contributed by atoms with Gasteiger partial charge < -0.3 is 19.1 Å². The molecular weight excluding hydrogens is 294 g/mol. The number of morpholine rings is 1. The van der Waals surface area contributed by atoms with Crippen molar-refractivity contribution in [3.8, 4) is 0 Å². The molecule has 5 heteroatoms. The third-order valence-corrected chi connectivity index (χ3v) is 5.35. The van der Waals surface area contributed by atoms with E-state index in [0.717, 1.165) is 32.3 Å². The van der Waals surface area contributed by atoms with Crippen LogP contribution < -0.4 is 0 Å². The first-order chi connectivity index (χ1) is 11.2. The van der Waals surface area contributed by atoms with Crippen LogP contribution in [0.3, 0.4) is 0 Å². The van der Waals surface area contributed by atoms with Crippen molar-refractivity contribution in [2.75, 3.05) is 26.4 Å². The summed E-state index contributed by atoms with van der Waals surface area (Å²) >= 11 is 0. The molecule has 0 aromatic rings. The molecule has 3 fully saturated rings. The average Bonchev–Trinajstić information content (AvgIpc) is 3.07. The van der Waals surface area contributed by atoms with Crippen LogP contribution in [0.4, 0.5) is 0 Å². The Kier molecular flexibility index (Phi) is 5.94. The number of nitrogens with zero attached hydrogens (tertiary/aromatic N) is 1. The van der Waals surface area contributed by atoms with Crippen LogP contribution in [0.25, 0.3) is 0 Å². The predicted molar refractivity (Wildman–Crippen MR) is 87.3 cm³/mol. The summed E-state index contributed by atoms with van der Waals surface area (Å²) in [5.74, 6) is 0.326. The van der Waals surface area contributed by atoms with Gasteiger partial charge in [0.2, 0.25) is 0 Å². The number of ether oxygens (including phenoxy) is 3. The molecule has 0 N–H and O–H groups in total. The lowest BCUT2D eigenvalue weighted by atomic mass is 9.89. The third-order valence-electron chi connectivity index (χ3n) is 5.35. The topological polar surface area (TPSA) is 48.0 Å². The van der Waals surface area contributed by atoms with Gasteiger partial charge in [-0.3, -0.25) is 4.79 Å². The Balaban J connectivity index is 1.62. The molecule has 23 heavy (non-hydrogen) atoms. The molecule has 1 aliphatic carbocycles. The van der Waals surface area contributed by atoms with Gasteiger partial charge in [0.1, 0.15) is 6.10 Å². The fourth-order valence-corrected chi connectivity index (χ4v) is 4.07. The second-order valence-electron chi connectivity index (χ2n) is 7.43. The van der Waals surface area contributed by atoms with Gasteiger partial charge in [0, 0.05) is 13.2 Å². The van der Waals surface area contributed by atoms with Crippen LogP contribution in [0.2, 0.25) is 0 Å². The first-order valence-electron chi connectivity index (χ1n) is 9.32. The van der Waals surface area contributed by atoms with Gasteiger partial charge in [-0.25, -0.2) is 0 Å². The monoisotopic (exact) mass is 325 g/mol. The summed E-state index contributed by atoms with van der Waals surface area (Å²) in [6.45, 7) is 6.85. The Bertz CT molecular complexity index is 392. The molecule has 1 saturated carbocycles. The summed E-state index contributed by atoms with van der Waals surface area (Å²) < 4.78 is 17.5. The van der Waals surface area contributed by atoms with Gasteiger partial charge in [-0.2, -0.15) is 0 Å². The van der Waals surface area contributed by atoms with Crippen molar-refractivity contribution in [2.45, 2.75) is 76.7 Å². The minimum Gasteiger partial charge on any atom is -0.376 e. The van der Waals surface area contributed by atoms with Crippen molar-refractivity contribution in [1.82, 2.24) is 4.90 Å². The number of carbonyl (C=O) groups is 1. The highest BCUT2D eigenvalue weighted by Crippen LogP contribution is 2.30. The molecule has 0 spiro atoms. The Labute approximate surface area is 139 Å². The normalized spacial score (nSPS) is 32.8. The van der Waals surface area contributed by atoms with E-state index < -0.39 is 0 Å². The largest absolute Gasteiger partial charge is 0.376 e. The van der Waals surface area contributed by atoms with Gasteiger partial charge in [-0.1, -0.05) is 26.7 Å². The Morgan fingerprint density at radius 2 is 1.96 bits per heavy atom. The van der Waals surface area contributed by atoms with Gasteiger partial charge in [-0.15, -0.1) is 0 Å². The molecule has 132 valence electrons. The Hall–Kier alpha value is -0.650. The van der Waals surface area contributed by atoms with E-state index in [0.29, 0.717) is 19.8 Å². The number of hydrogen-bond donors (Lipinski definition) is 0. The van der Waals surface area contributed by atoms with Crippen molar-refractivity contribution in [1.29, 1.82) is 0 Å². The highest BCUT2D eigenvalue weighted by molar-refractivity contribution is 5.81. The summed E-state index contributed by atoms with van der Waals surface area (Å²) in [6, 6.07) is 0.248. The molecular formula is C18H31NO4.